The van der Waals surface area contributed by atoms with Crippen molar-refractivity contribution in [1.29, 1.82) is 0 Å². The van der Waals surface area contributed by atoms with Gasteiger partial charge in [0.25, 0.3) is 0 Å². The molecule has 1 aliphatic heterocycles. The first-order chi connectivity index (χ1) is 8.72. The molecule has 1 atom stereocenters. The number of likely N-dealkylation sites (tertiary alicyclic amines) is 1. The summed E-state index contributed by atoms with van der Waals surface area (Å²) in [6, 6.07) is 8.58. The fourth-order valence-electron chi connectivity index (χ4n) is 2.47. The van der Waals surface area contributed by atoms with Crippen LogP contribution in [0.5, 0.6) is 0 Å². The minimum Gasteiger partial charge on any atom is -0.336 e. The molecule has 0 radical (unpaired) electrons. The highest BCUT2D eigenvalue weighted by atomic mass is 79.9. The van der Waals surface area contributed by atoms with E-state index in [4.69, 9.17) is 0 Å². The van der Waals surface area contributed by atoms with Gasteiger partial charge >= 0.3 is 0 Å². The van der Waals surface area contributed by atoms with Gasteiger partial charge in [-0.1, -0.05) is 28.1 Å². The first kappa shape index (κ1) is 13.6. The number of benzene rings is 1. The molecule has 0 aromatic heterocycles. The van der Waals surface area contributed by atoms with Gasteiger partial charge in [0, 0.05) is 24.0 Å². The van der Waals surface area contributed by atoms with E-state index in [-0.39, 0.29) is 11.9 Å². The fourth-order valence-corrected chi connectivity index (χ4v) is 2.74. The number of nitrogens with zero attached hydrogens (tertiary/aromatic N) is 1. The molecule has 1 aliphatic rings. The molecule has 0 aliphatic carbocycles. The van der Waals surface area contributed by atoms with Crippen LogP contribution in [0.3, 0.4) is 0 Å². The fraction of sp³-hybridized carbons (Fsp3) is 0.500. The predicted molar refractivity (Wildman–Crippen MR) is 76.4 cm³/mol. The summed E-state index contributed by atoms with van der Waals surface area (Å²) in [5, 5.41) is 3.03. The van der Waals surface area contributed by atoms with E-state index in [2.05, 4.69) is 33.4 Å². The van der Waals surface area contributed by atoms with Crippen LogP contribution in [0.1, 0.15) is 30.9 Å². The Balaban J connectivity index is 2.07. The number of rotatable bonds is 4. The molecule has 0 spiro atoms. The van der Waals surface area contributed by atoms with E-state index in [0.717, 1.165) is 30.4 Å². The Morgan fingerprint density at radius 2 is 2.17 bits per heavy atom. The van der Waals surface area contributed by atoms with Crippen LogP contribution in [-0.2, 0) is 4.79 Å². The molecule has 1 amide bonds. The lowest BCUT2D eigenvalue weighted by Gasteiger charge is -2.25. The topological polar surface area (TPSA) is 32.3 Å². The highest BCUT2D eigenvalue weighted by Gasteiger charge is 2.29. The molecule has 1 aromatic carbocycles. The molecule has 1 N–H and O–H groups in total. The van der Waals surface area contributed by atoms with E-state index in [1.807, 2.05) is 24.1 Å². The van der Waals surface area contributed by atoms with Crippen molar-refractivity contribution in [1.82, 2.24) is 10.2 Å². The molecule has 98 valence electrons. The highest BCUT2D eigenvalue weighted by Crippen LogP contribution is 2.32. The van der Waals surface area contributed by atoms with E-state index in [0.29, 0.717) is 6.42 Å². The van der Waals surface area contributed by atoms with Crippen LogP contribution < -0.4 is 5.32 Å². The van der Waals surface area contributed by atoms with Crippen molar-refractivity contribution < 1.29 is 4.79 Å². The van der Waals surface area contributed by atoms with Gasteiger partial charge in [-0.05, 0) is 37.6 Å². The quantitative estimate of drug-likeness (QED) is 0.927. The van der Waals surface area contributed by atoms with Gasteiger partial charge in [-0.3, -0.25) is 4.79 Å². The molecule has 1 aromatic rings. The highest BCUT2D eigenvalue weighted by molar-refractivity contribution is 9.10. The molecular weight excluding hydrogens is 292 g/mol. The van der Waals surface area contributed by atoms with Gasteiger partial charge in [-0.25, -0.2) is 0 Å². The third-order valence-electron chi connectivity index (χ3n) is 3.42. The van der Waals surface area contributed by atoms with Crippen LogP contribution >= 0.6 is 15.9 Å². The molecule has 1 fully saturated rings. The number of carbonyl (C=O) groups excluding carboxylic acids is 1. The number of nitrogens with one attached hydrogen (secondary N) is 1. The number of halogens is 1. The van der Waals surface area contributed by atoms with Crippen molar-refractivity contribution in [2.45, 2.75) is 25.3 Å². The van der Waals surface area contributed by atoms with Crippen LogP contribution in [0.4, 0.5) is 0 Å². The van der Waals surface area contributed by atoms with Gasteiger partial charge in [-0.2, -0.15) is 0 Å². The first-order valence-corrected chi connectivity index (χ1v) is 7.21. The minimum atomic E-state index is 0.259. The normalized spacial score (nSPS) is 19.2. The van der Waals surface area contributed by atoms with Crippen LogP contribution in [0.15, 0.2) is 28.7 Å². The zero-order valence-electron chi connectivity index (χ0n) is 10.7. The van der Waals surface area contributed by atoms with Crippen LogP contribution in [0.25, 0.3) is 0 Å². The predicted octanol–water partition coefficient (Wildman–Crippen LogP) is 2.72. The Bertz CT molecular complexity index is 405. The zero-order chi connectivity index (χ0) is 13.0. The average molecular weight is 311 g/mol. The second-order valence-corrected chi connectivity index (χ2v) is 5.57. The van der Waals surface area contributed by atoms with E-state index in [1.54, 1.807) is 0 Å². The molecule has 0 bridgehead atoms. The largest absolute Gasteiger partial charge is 0.336 e. The summed E-state index contributed by atoms with van der Waals surface area (Å²) < 4.78 is 1.08. The Labute approximate surface area is 117 Å². The molecule has 4 heteroatoms. The van der Waals surface area contributed by atoms with Crippen molar-refractivity contribution in [2.24, 2.45) is 0 Å². The number of hydrogen-bond acceptors (Lipinski definition) is 2. The van der Waals surface area contributed by atoms with Crippen molar-refractivity contribution in [2.75, 3.05) is 20.1 Å². The minimum absolute atomic E-state index is 0.259. The number of amides is 1. The molecule has 3 nitrogen and oxygen atoms in total. The lowest BCUT2D eigenvalue weighted by molar-refractivity contribution is -0.132. The molecule has 18 heavy (non-hydrogen) atoms. The average Bonchev–Trinajstić information content (AvgIpc) is 2.86. The molecule has 1 heterocycles. The SMILES string of the molecule is CNCCC(=O)N1CCCC1c1ccc(Br)cc1. The molecular formula is C14H19BrN2O. The Hall–Kier alpha value is -0.870. The third-order valence-corrected chi connectivity index (χ3v) is 3.95. The maximum Gasteiger partial charge on any atom is 0.224 e. The van der Waals surface area contributed by atoms with Gasteiger partial charge < -0.3 is 10.2 Å². The van der Waals surface area contributed by atoms with Gasteiger partial charge in [0.1, 0.15) is 0 Å². The van der Waals surface area contributed by atoms with Crippen LogP contribution in [0.2, 0.25) is 0 Å². The summed E-state index contributed by atoms with van der Waals surface area (Å²) in [5.41, 5.74) is 1.24. The second kappa shape index (κ2) is 6.34. The van der Waals surface area contributed by atoms with E-state index < -0.39 is 0 Å². The molecule has 0 saturated carbocycles. The molecule has 1 unspecified atom stereocenters. The van der Waals surface area contributed by atoms with Crippen molar-refractivity contribution in [3.8, 4) is 0 Å². The first-order valence-electron chi connectivity index (χ1n) is 6.42. The summed E-state index contributed by atoms with van der Waals surface area (Å²) in [5.74, 6) is 0.259. The lowest BCUT2D eigenvalue weighted by atomic mass is 10.0. The van der Waals surface area contributed by atoms with Crippen molar-refractivity contribution >= 4 is 21.8 Å². The maximum absolute atomic E-state index is 12.1. The van der Waals surface area contributed by atoms with Crippen LogP contribution in [-0.4, -0.2) is 30.9 Å². The number of carbonyl (C=O) groups is 1. The summed E-state index contributed by atoms with van der Waals surface area (Å²) in [4.78, 5) is 14.2. The second-order valence-electron chi connectivity index (χ2n) is 4.65. The van der Waals surface area contributed by atoms with E-state index in [1.165, 1.54) is 5.56 Å². The summed E-state index contributed by atoms with van der Waals surface area (Å²) in [6.45, 7) is 1.64. The van der Waals surface area contributed by atoms with Gasteiger partial charge in [0.15, 0.2) is 0 Å². The van der Waals surface area contributed by atoms with E-state index >= 15 is 0 Å². The van der Waals surface area contributed by atoms with Gasteiger partial charge in [-0.15, -0.1) is 0 Å². The van der Waals surface area contributed by atoms with Crippen molar-refractivity contribution in [3.05, 3.63) is 34.3 Å². The lowest BCUT2D eigenvalue weighted by Crippen LogP contribution is -2.32. The Morgan fingerprint density at radius 1 is 1.44 bits per heavy atom. The number of hydrogen-bond donors (Lipinski definition) is 1. The standard InChI is InChI=1S/C14H19BrN2O/c1-16-9-8-14(18)17-10-2-3-13(17)11-4-6-12(15)7-5-11/h4-7,13,16H,2-3,8-10H2,1H3. The Kier molecular flexibility index (Phi) is 4.78. The maximum atomic E-state index is 12.1. The zero-order valence-corrected chi connectivity index (χ0v) is 12.2. The molecule has 1 saturated heterocycles. The smallest absolute Gasteiger partial charge is 0.224 e. The summed E-state index contributed by atoms with van der Waals surface area (Å²) in [6.07, 6.45) is 2.77. The summed E-state index contributed by atoms with van der Waals surface area (Å²) in [7, 11) is 1.88. The third kappa shape index (κ3) is 3.12. The monoisotopic (exact) mass is 310 g/mol. The van der Waals surface area contributed by atoms with Crippen LogP contribution in [0, 0.1) is 0 Å². The van der Waals surface area contributed by atoms with Gasteiger partial charge in [0.05, 0.1) is 6.04 Å². The molecule has 2 rings (SSSR count). The van der Waals surface area contributed by atoms with Gasteiger partial charge in [0.2, 0.25) is 5.91 Å². The summed E-state index contributed by atoms with van der Waals surface area (Å²) >= 11 is 3.44. The Morgan fingerprint density at radius 3 is 2.83 bits per heavy atom. The van der Waals surface area contributed by atoms with E-state index in [9.17, 15) is 4.79 Å². The van der Waals surface area contributed by atoms with Crippen molar-refractivity contribution in [3.63, 3.8) is 0 Å².